The molecular weight excluding hydrogens is 378 g/mol. The van der Waals surface area contributed by atoms with Crippen LogP contribution >= 0.6 is 24.0 Å². The summed E-state index contributed by atoms with van der Waals surface area (Å²) in [4.78, 5) is 25.3. The molecule has 4 N–H and O–H groups in total. The van der Waals surface area contributed by atoms with E-state index in [0.29, 0.717) is 5.56 Å². The number of amides is 1. The number of aromatic hydroxyl groups is 3. The highest BCUT2D eigenvalue weighted by Gasteiger charge is 2.34. The van der Waals surface area contributed by atoms with Crippen LogP contribution < -0.4 is 4.90 Å². The third-order valence-electron chi connectivity index (χ3n) is 3.56. The Bertz CT molecular complexity index is 985. The molecule has 0 bridgehead atoms. The molecule has 0 saturated carbocycles. The van der Waals surface area contributed by atoms with E-state index >= 15 is 0 Å². The van der Waals surface area contributed by atoms with Gasteiger partial charge in [-0.25, -0.2) is 4.79 Å². The number of hydrogen-bond donors (Lipinski definition) is 4. The maximum atomic E-state index is 12.7. The lowest BCUT2D eigenvalue weighted by Gasteiger charge is -2.15. The van der Waals surface area contributed by atoms with Gasteiger partial charge in [0, 0.05) is 0 Å². The third kappa shape index (κ3) is 3.22. The summed E-state index contributed by atoms with van der Waals surface area (Å²) in [5.74, 6) is -2.81. The Morgan fingerprint density at radius 2 is 1.73 bits per heavy atom. The number of thiocarbonyl (C=S) groups is 1. The molecule has 0 radical (unpaired) electrons. The van der Waals surface area contributed by atoms with E-state index in [9.17, 15) is 24.9 Å². The average Bonchev–Trinajstić information content (AvgIpc) is 2.85. The molecule has 132 valence electrons. The predicted molar refractivity (Wildman–Crippen MR) is 100 cm³/mol. The topological polar surface area (TPSA) is 118 Å². The van der Waals surface area contributed by atoms with Gasteiger partial charge in [-0.2, -0.15) is 0 Å². The number of phenolic OH excluding ortho intramolecular Hbond substituents is 2. The Hall–Kier alpha value is -3.04. The maximum Gasteiger partial charge on any atom is 0.339 e. The van der Waals surface area contributed by atoms with Gasteiger partial charge in [0.15, 0.2) is 15.8 Å². The van der Waals surface area contributed by atoms with E-state index in [1.165, 1.54) is 36.4 Å². The lowest BCUT2D eigenvalue weighted by molar-refractivity contribution is -0.113. The van der Waals surface area contributed by atoms with Gasteiger partial charge in [0.1, 0.15) is 11.3 Å². The normalized spacial score (nSPS) is 15.7. The summed E-state index contributed by atoms with van der Waals surface area (Å²) in [6, 6.07) is 7.84. The quantitative estimate of drug-likeness (QED) is 0.360. The summed E-state index contributed by atoms with van der Waals surface area (Å²) < 4.78 is 0.200. The fourth-order valence-corrected chi connectivity index (χ4v) is 3.61. The van der Waals surface area contributed by atoms with E-state index in [-0.39, 0.29) is 32.0 Å². The summed E-state index contributed by atoms with van der Waals surface area (Å²) in [7, 11) is 0. The zero-order chi connectivity index (χ0) is 19.0. The second kappa shape index (κ2) is 6.70. The van der Waals surface area contributed by atoms with E-state index in [1.54, 1.807) is 0 Å². The van der Waals surface area contributed by atoms with E-state index in [2.05, 4.69) is 0 Å². The molecule has 1 saturated heterocycles. The van der Waals surface area contributed by atoms with Crippen LogP contribution in [0.5, 0.6) is 17.2 Å². The molecule has 2 aromatic rings. The minimum atomic E-state index is -1.33. The van der Waals surface area contributed by atoms with Crippen LogP contribution in [0.4, 0.5) is 5.69 Å². The lowest BCUT2D eigenvalue weighted by Crippen LogP contribution is -2.27. The first-order valence-corrected chi connectivity index (χ1v) is 8.36. The molecular formula is C17H11NO6S2. The maximum absolute atomic E-state index is 12.7. The van der Waals surface area contributed by atoms with Gasteiger partial charge in [-0.1, -0.05) is 30.0 Å². The number of carboxylic acid groups (broad SMARTS) is 1. The molecule has 1 fully saturated rings. The number of anilines is 1. The highest BCUT2D eigenvalue weighted by molar-refractivity contribution is 8.27. The Kier molecular flexibility index (Phi) is 4.58. The van der Waals surface area contributed by atoms with Gasteiger partial charge >= 0.3 is 5.97 Å². The fraction of sp³-hybridized carbons (Fsp3) is 0. The van der Waals surface area contributed by atoms with E-state index in [0.717, 1.165) is 22.7 Å². The van der Waals surface area contributed by atoms with Crippen LogP contribution in [0, 0.1) is 0 Å². The van der Waals surface area contributed by atoms with E-state index in [1.807, 2.05) is 0 Å². The van der Waals surface area contributed by atoms with Crippen LogP contribution in [0.1, 0.15) is 15.9 Å². The van der Waals surface area contributed by atoms with Gasteiger partial charge in [-0.3, -0.25) is 9.69 Å². The Balaban J connectivity index is 1.97. The molecule has 1 heterocycles. The zero-order valence-corrected chi connectivity index (χ0v) is 14.5. The summed E-state index contributed by atoms with van der Waals surface area (Å²) in [6.07, 6.45) is 1.50. The number of carboxylic acids is 1. The number of phenols is 3. The Labute approximate surface area is 156 Å². The van der Waals surface area contributed by atoms with Crippen molar-refractivity contribution in [2.45, 2.75) is 0 Å². The number of thioether (sulfide) groups is 1. The average molecular weight is 389 g/mol. The molecule has 9 heteroatoms. The SMILES string of the molecule is O=C(O)c1cc(N2C(=O)/C(=C/c3ccc(O)c(O)c3)SC2=S)ccc1O. The van der Waals surface area contributed by atoms with Crippen LogP contribution in [0.2, 0.25) is 0 Å². The molecule has 0 aromatic heterocycles. The number of nitrogens with zero attached hydrogens (tertiary/aromatic N) is 1. The first-order chi connectivity index (χ1) is 12.3. The molecule has 0 atom stereocenters. The number of hydrogen-bond acceptors (Lipinski definition) is 7. The second-order valence-corrected chi connectivity index (χ2v) is 6.95. The van der Waals surface area contributed by atoms with Crippen molar-refractivity contribution in [1.82, 2.24) is 0 Å². The monoisotopic (exact) mass is 389 g/mol. The third-order valence-corrected chi connectivity index (χ3v) is 4.86. The first-order valence-electron chi connectivity index (χ1n) is 7.14. The molecule has 7 nitrogen and oxygen atoms in total. The van der Waals surface area contributed by atoms with E-state index < -0.39 is 17.6 Å². The van der Waals surface area contributed by atoms with Crippen LogP contribution in [0.15, 0.2) is 41.3 Å². The zero-order valence-electron chi connectivity index (χ0n) is 12.9. The lowest BCUT2D eigenvalue weighted by atomic mass is 10.1. The number of carbonyl (C=O) groups excluding carboxylic acids is 1. The molecule has 1 amide bonds. The van der Waals surface area contributed by atoms with Crippen molar-refractivity contribution in [3.8, 4) is 17.2 Å². The van der Waals surface area contributed by atoms with Gasteiger partial charge in [-0.05, 0) is 42.0 Å². The summed E-state index contributed by atoms with van der Waals surface area (Å²) in [6.45, 7) is 0. The second-order valence-electron chi connectivity index (χ2n) is 5.27. The number of carbonyl (C=O) groups is 2. The Morgan fingerprint density at radius 1 is 1.04 bits per heavy atom. The van der Waals surface area contributed by atoms with Gasteiger partial charge in [-0.15, -0.1) is 0 Å². The van der Waals surface area contributed by atoms with Gasteiger partial charge in [0.25, 0.3) is 5.91 Å². The number of aromatic carboxylic acids is 1. The molecule has 3 rings (SSSR count). The smallest absolute Gasteiger partial charge is 0.339 e. The van der Waals surface area contributed by atoms with Crippen molar-refractivity contribution in [2.24, 2.45) is 0 Å². The van der Waals surface area contributed by atoms with Crippen LogP contribution in [-0.4, -0.2) is 36.6 Å². The summed E-state index contributed by atoms with van der Waals surface area (Å²) >= 11 is 6.22. The van der Waals surface area contributed by atoms with Crippen molar-refractivity contribution in [3.05, 3.63) is 52.4 Å². The summed E-state index contributed by atoms with van der Waals surface area (Å²) in [5.41, 5.74) is 0.362. The predicted octanol–water partition coefficient (Wildman–Crippen LogP) is 2.91. The minimum Gasteiger partial charge on any atom is -0.507 e. The number of rotatable bonds is 3. The Morgan fingerprint density at radius 3 is 2.38 bits per heavy atom. The molecule has 0 spiro atoms. The molecule has 26 heavy (non-hydrogen) atoms. The van der Waals surface area contributed by atoms with Crippen LogP contribution in [0.3, 0.4) is 0 Å². The standard InChI is InChI=1S/C17H11NO6S2/c19-11-4-2-9(7-10(11)16(23)24)18-15(22)14(26-17(18)25)6-8-1-3-12(20)13(21)5-8/h1-7,19-21H,(H,23,24)/b14-6-. The highest BCUT2D eigenvalue weighted by atomic mass is 32.2. The molecule has 1 aliphatic rings. The van der Waals surface area contributed by atoms with Crippen molar-refractivity contribution in [2.75, 3.05) is 4.90 Å². The van der Waals surface area contributed by atoms with Crippen molar-refractivity contribution >= 4 is 51.9 Å². The number of benzene rings is 2. The van der Waals surface area contributed by atoms with Crippen molar-refractivity contribution in [3.63, 3.8) is 0 Å². The highest BCUT2D eigenvalue weighted by Crippen LogP contribution is 2.38. The van der Waals surface area contributed by atoms with Gasteiger partial charge < -0.3 is 20.4 Å². The van der Waals surface area contributed by atoms with Gasteiger partial charge in [0.2, 0.25) is 0 Å². The molecule has 2 aromatic carbocycles. The minimum absolute atomic E-state index is 0.200. The van der Waals surface area contributed by atoms with Crippen molar-refractivity contribution in [1.29, 1.82) is 0 Å². The molecule has 0 unspecified atom stereocenters. The van der Waals surface area contributed by atoms with E-state index in [4.69, 9.17) is 17.3 Å². The first kappa shape index (κ1) is 17.8. The summed E-state index contributed by atoms with van der Waals surface area (Å²) in [5, 5.41) is 37.6. The van der Waals surface area contributed by atoms with Crippen molar-refractivity contribution < 1.29 is 30.0 Å². The largest absolute Gasteiger partial charge is 0.507 e. The molecule has 1 aliphatic heterocycles. The fourth-order valence-electron chi connectivity index (χ4n) is 2.31. The van der Waals surface area contributed by atoms with Gasteiger partial charge in [0.05, 0.1) is 10.6 Å². The van der Waals surface area contributed by atoms with Crippen LogP contribution in [0.25, 0.3) is 6.08 Å². The van der Waals surface area contributed by atoms with Crippen LogP contribution in [-0.2, 0) is 4.79 Å². The molecule has 0 aliphatic carbocycles.